The zero-order valence-corrected chi connectivity index (χ0v) is 10.8. The van der Waals surface area contributed by atoms with Crippen molar-refractivity contribution in [1.82, 2.24) is 15.1 Å². The molecule has 7 heteroatoms. The van der Waals surface area contributed by atoms with E-state index in [0.717, 1.165) is 5.69 Å². The van der Waals surface area contributed by atoms with Crippen LogP contribution in [-0.4, -0.2) is 44.8 Å². The number of carboxylic acids is 1. The van der Waals surface area contributed by atoms with Gasteiger partial charge in [-0.3, -0.25) is 9.89 Å². The van der Waals surface area contributed by atoms with E-state index >= 15 is 0 Å². The van der Waals surface area contributed by atoms with Crippen LogP contribution in [0.5, 0.6) is 0 Å². The van der Waals surface area contributed by atoms with Crippen LogP contribution in [0.25, 0.3) is 0 Å². The van der Waals surface area contributed by atoms with Crippen LogP contribution in [0.4, 0.5) is 0 Å². The van der Waals surface area contributed by atoms with Gasteiger partial charge in [-0.15, -0.1) is 11.6 Å². The smallest absolute Gasteiger partial charge is 0.314 e. The highest BCUT2D eigenvalue weighted by Gasteiger charge is 2.42. The van der Waals surface area contributed by atoms with Crippen LogP contribution in [0.2, 0.25) is 0 Å². The van der Waals surface area contributed by atoms with E-state index in [9.17, 15) is 9.90 Å². The molecule has 2 atom stereocenters. The summed E-state index contributed by atoms with van der Waals surface area (Å²) in [6.07, 6.45) is 0. The van der Waals surface area contributed by atoms with E-state index in [1.165, 1.54) is 0 Å². The number of aliphatic carboxylic acids is 1. The number of H-pyrrole nitrogens is 1. The summed E-state index contributed by atoms with van der Waals surface area (Å²) < 4.78 is 0. The molecule has 1 aromatic heterocycles. The molecule has 1 fully saturated rings. The lowest BCUT2D eigenvalue weighted by Gasteiger charge is -2.10. The minimum absolute atomic E-state index is 0.210. The highest BCUT2D eigenvalue weighted by molar-refractivity contribution is 7.80. The second kappa shape index (κ2) is 4.62. The van der Waals surface area contributed by atoms with Crippen LogP contribution in [0.15, 0.2) is 6.07 Å². The Morgan fingerprint density at radius 2 is 2.53 bits per heavy atom. The number of carboxylic acid groups (broad SMARTS) is 1. The van der Waals surface area contributed by atoms with Gasteiger partial charge in [0.05, 0.1) is 22.3 Å². The largest absolute Gasteiger partial charge is 0.481 e. The number of aromatic nitrogens is 2. The average Bonchev–Trinajstić information content (AvgIpc) is 2.84. The molecule has 0 bridgehead atoms. The maximum Gasteiger partial charge on any atom is 0.314 e. The van der Waals surface area contributed by atoms with E-state index < -0.39 is 11.9 Å². The molecule has 0 aliphatic carbocycles. The van der Waals surface area contributed by atoms with E-state index in [1.54, 1.807) is 18.0 Å². The Kier molecular flexibility index (Phi) is 3.35. The SMILES string of the molecule is CN1CC(c2cc(CCl)[nH]n2)C(C(=O)O)C1=S. The lowest BCUT2D eigenvalue weighted by molar-refractivity contribution is -0.139. The van der Waals surface area contributed by atoms with Gasteiger partial charge in [0.25, 0.3) is 0 Å². The van der Waals surface area contributed by atoms with Crippen molar-refractivity contribution in [2.45, 2.75) is 11.8 Å². The van der Waals surface area contributed by atoms with Crippen LogP contribution >= 0.6 is 23.8 Å². The number of thiocarbonyl (C=S) groups is 1. The molecule has 0 radical (unpaired) electrons. The Balaban J connectivity index is 2.30. The van der Waals surface area contributed by atoms with Crippen LogP contribution < -0.4 is 0 Å². The molecule has 0 amide bonds. The molecule has 1 aliphatic heterocycles. The molecule has 0 aromatic carbocycles. The number of rotatable bonds is 3. The van der Waals surface area contributed by atoms with Gasteiger partial charge in [0.1, 0.15) is 5.92 Å². The zero-order valence-electron chi connectivity index (χ0n) is 9.18. The van der Waals surface area contributed by atoms with E-state index in [0.29, 0.717) is 23.1 Å². The van der Waals surface area contributed by atoms with Gasteiger partial charge in [0.15, 0.2) is 0 Å². The highest BCUT2D eigenvalue weighted by atomic mass is 35.5. The quantitative estimate of drug-likeness (QED) is 0.640. The van der Waals surface area contributed by atoms with Crippen molar-refractivity contribution >= 4 is 34.8 Å². The Hall–Kier alpha value is -1.14. The highest BCUT2D eigenvalue weighted by Crippen LogP contribution is 2.33. The van der Waals surface area contributed by atoms with E-state index in [4.69, 9.17) is 23.8 Å². The van der Waals surface area contributed by atoms with E-state index in [-0.39, 0.29) is 5.92 Å². The first-order valence-electron chi connectivity index (χ1n) is 5.12. The minimum atomic E-state index is -0.903. The normalized spacial score (nSPS) is 24.4. The number of hydrogen-bond donors (Lipinski definition) is 2. The molecule has 92 valence electrons. The third kappa shape index (κ3) is 2.14. The van der Waals surface area contributed by atoms with Gasteiger partial charge in [-0.05, 0) is 6.07 Å². The van der Waals surface area contributed by atoms with Crippen LogP contribution in [-0.2, 0) is 10.7 Å². The van der Waals surface area contributed by atoms with Gasteiger partial charge in [-0.1, -0.05) is 12.2 Å². The van der Waals surface area contributed by atoms with E-state index in [1.807, 2.05) is 0 Å². The van der Waals surface area contributed by atoms with Gasteiger partial charge >= 0.3 is 5.97 Å². The monoisotopic (exact) mass is 273 g/mol. The summed E-state index contributed by atoms with van der Waals surface area (Å²) in [6.45, 7) is 0.572. The maximum absolute atomic E-state index is 11.2. The summed E-state index contributed by atoms with van der Waals surface area (Å²) in [5, 5.41) is 16.1. The lowest BCUT2D eigenvalue weighted by Crippen LogP contribution is -2.26. The summed E-state index contributed by atoms with van der Waals surface area (Å²) >= 11 is 10.8. The number of halogens is 1. The van der Waals surface area contributed by atoms with Gasteiger partial charge in [-0.2, -0.15) is 5.10 Å². The number of alkyl halides is 1. The summed E-state index contributed by atoms with van der Waals surface area (Å²) in [7, 11) is 1.80. The molecule has 2 N–H and O–H groups in total. The molecule has 5 nitrogen and oxygen atoms in total. The molecular formula is C10H12ClN3O2S. The number of aromatic amines is 1. The first-order chi connectivity index (χ1) is 8.04. The Morgan fingerprint density at radius 1 is 1.82 bits per heavy atom. The third-order valence-electron chi connectivity index (χ3n) is 2.96. The van der Waals surface area contributed by atoms with Crippen molar-refractivity contribution in [3.05, 3.63) is 17.5 Å². The lowest BCUT2D eigenvalue weighted by atomic mass is 9.93. The predicted octanol–water partition coefficient (Wildman–Crippen LogP) is 1.21. The molecule has 0 spiro atoms. The summed E-state index contributed by atoms with van der Waals surface area (Å²) in [5.74, 6) is -1.46. The van der Waals surface area contributed by atoms with Gasteiger partial charge < -0.3 is 10.0 Å². The second-order valence-corrected chi connectivity index (χ2v) is 4.78. The van der Waals surface area contributed by atoms with Gasteiger partial charge in [0, 0.05) is 19.5 Å². The molecule has 1 aromatic rings. The van der Waals surface area contributed by atoms with Crippen molar-refractivity contribution in [2.24, 2.45) is 5.92 Å². The van der Waals surface area contributed by atoms with Crippen molar-refractivity contribution < 1.29 is 9.90 Å². The molecule has 1 aliphatic rings. The number of likely N-dealkylation sites (N-methyl/N-ethyl adjacent to an activating group) is 1. The Morgan fingerprint density at radius 3 is 3.06 bits per heavy atom. The van der Waals surface area contributed by atoms with Crippen molar-refractivity contribution in [1.29, 1.82) is 0 Å². The fraction of sp³-hybridized carbons (Fsp3) is 0.500. The van der Waals surface area contributed by atoms with Crippen molar-refractivity contribution in [2.75, 3.05) is 13.6 Å². The molecule has 2 unspecified atom stereocenters. The van der Waals surface area contributed by atoms with Gasteiger partial charge in [-0.25, -0.2) is 0 Å². The molecule has 0 saturated carbocycles. The number of nitrogens with zero attached hydrogens (tertiary/aromatic N) is 2. The fourth-order valence-corrected chi connectivity index (χ4v) is 2.56. The molecule has 2 heterocycles. The van der Waals surface area contributed by atoms with Crippen LogP contribution in [0, 0.1) is 5.92 Å². The zero-order chi connectivity index (χ0) is 12.6. The molecule has 2 rings (SSSR count). The Labute approximate surface area is 109 Å². The van der Waals surface area contributed by atoms with Gasteiger partial charge in [0.2, 0.25) is 0 Å². The maximum atomic E-state index is 11.2. The number of nitrogens with one attached hydrogen (secondary N) is 1. The number of carbonyl (C=O) groups is 1. The summed E-state index contributed by atoms with van der Waals surface area (Å²) in [5.41, 5.74) is 1.49. The minimum Gasteiger partial charge on any atom is -0.481 e. The standard InChI is InChI=1S/C10H12ClN3O2S/c1-14-4-6(8(9(14)17)10(15)16)7-2-5(3-11)12-13-7/h2,6,8H,3-4H2,1H3,(H,12,13)(H,15,16). The van der Waals surface area contributed by atoms with Crippen molar-refractivity contribution in [3.8, 4) is 0 Å². The predicted molar refractivity (Wildman–Crippen MR) is 67.2 cm³/mol. The van der Waals surface area contributed by atoms with Crippen LogP contribution in [0.1, 0.15) is 17.3 Å². The summed E-state index contributed by atoms with van der Waals surface area (Å²) in [6, 6.07) is 1.80. The first-order valence-corrected chi connectivity index (χ1v) is 6.06. The second-order valence-electron chi connectivity index (χ2n) is 4.09. The molecule has 17 heavy (non-hydrogen) atoms. The molecule has 1 saturated heterocycles. The fourth-order valence-electron chi connectivity index (χ4n) is 2.08. The van der Waals surface area contributed by atoms with Crippen molar-refractivity contribution in [3.63, 3.8) is 0 Å². The average molecular weight is 274 g/mol. The van der Waals surface area contributed by atoms with E-state index in [2.05, 4.69) is 10.2 Å². The number of likely N-dealkylation sites (tertiary alicyclic amines) is 1. The summed E-state index contributed by atoms with van der Waals surface area (Å²) in [4.78, 5) is 13.5. The third-order valence-corrected chi connectivity index (χ3v) is 3.81. The molecular weight excluding hydrogens is 262 g/mol. The van der Waals surface area contributed by atoms with Crippen LogP contribution in [0.3, 0.4) is 0 Å². The Bertz CT molecular complexity index is 462. The number of hydrogen-bond acceptors (Lipinski definition) is 3. The first kappa shape index (κ1) is 12.3. The topological polar surface area (TPSA) is 69.2 Å².